The monoisotopic (exact) mass is 346 g/mol. The summed E-state index contributed by atoms with van der Waals surface area (Å²) in [6, 6.07) is 17.6. The van der Waals surface area contributed by atoms with Crippen molar-refractivity contribution in [2.24, 2.45) is 0 Å². The first-order chi connectivity index (χ1) is 11.6. The third-order valence-corrected chi connectivity index (χ3v) is 4.55. The van der Waals surface area contributed by atoms with Gasteiger partial charge in [-0.05, 0) is 17.2 Å². The number of aliphatic carboxylic acids is 1. The van der Waals surface area contributed by atoms with Gasteiger partial charge in [-0.2, -0.15) is 11.8 Å². The van der Waals surface area contributed by atoms with Crippen molar-refractivity contribution < 1.29 is 19.7 Å². The minimum Gasteiger partial charge on any atom is -0.489 e. The third-order valence-electron chi connectivity index (χ3n) is 3.44. The van der Waals surface area contributed by atoms with Crippen LogP contribution in [0.4, 0.5) is 0 Å². The van der Waals surface area contributed by atoms with Crippen LogP contribution in [-0.2, 0) is 17.8 Å². The lowest BCUT2D eigenvalue weighted by Crippen LogP contribution is -2.15. The Bertz CT molecular complexity index is 630. The Hall–Kier alpha value is -1.98. The molecule has 0 aliphatic rings. The fourth-order valence-electron chi connectivity index (χ4n) is 2.24. The van der Waals surface area contributed by atoms with Gasteiger partial charge < -0.3 is 14.9 Å². The van der Waals surface area contributed by atoms with Crippen molar-refractivity contribution in [3.63, 3.8) is 0 Å². The Morgan fingerprint density at radius 1 is 1.08 bits per heavy atom. The maximum Gasteiger partial charge on any atom is 0.304 e. The van der Waals surface area contributed by atoms with Crippen molar-refractivity contribution >= 4 is 17.7 Å². The fourth-order valence-corrected chi connectivity index (χ4v) is 3.12. The number of aliphatic hydroxyl groups is 1. The first-order valence-electron chi connectivity index (χ1n) is 7.87. The molecule has 0 unspecified atom stereocenters. The summed E-state index contributed by atoms with van der Waals surface area (Å²) in [7, 11) is 0. The smallest absolute Gasteiger partial charge is 0.304 e. The van der Waals surface area contributed by atoms with E-state index in [-0.39, 0.29) is 6.42 Å². The predicted molar refractivity (Wildman–Crippen MR) is 96.5 cm³/mol. The van der Waals surface area contributed by atoms with Gasteiger partial charge in [-0.15, -0.1) is 0 Å². The second-order valence-electron chi connectivity index (χ2n) is 5.46. The van der Waals surface area contributed by atoms with E-state index < -0.39 is 12.1 Å². The zero-order chi connectivity index (χ0) is 17.2. The molecular weight excluding hydrogens is 324 g/mol. The molecule has 128 valence electrons. The van der Waals surface area contributed by atoms with Crippen molar-refractivity contribution in [2.45, 2.75) is 25.6 Å². The summed E-state index contributed by atoms with van der Waals surface area (Å²) in [5.41, 5.74) is 2.05. The summed E-state index contributed by atoms with van der Waals surface area (Å²) in [6.07, 6.45) is 0.0874. The maximum absolute atomic E-state index is 10.5. The molecule has 0 bridgehead atoms. The Morgan fingerprint density at radius 2 is 1.79 bits per heavy atom. The average molecular weight is 346 g/mol. The number of aliphatic hydroxyl groups excluding tert-OH is 1. The van der Waals surface area contributed by atoms with Crippen molar-refractivity contribution in [3.8, 4) is 5.75 Å². The van der Waals surface area contributed by atoms with Crippen LogP contribution in [0.5, 0.6) is 5.75 Å². The van der Waals surface area contributed by atoms with Crippen LogP contribution in [0.3, 0.4) is 0 Å². The van der Waals surface area contributed by atoms with Gasteiger partial charge in [0.25, 0.3) is 0 Å². The van der Waals surface area contributed by atoms with Gasteiger partial charge in [0.15, 0.2) is 0 Å². The summed E-state index contributed by atoms with van der Waals surface area (Å²) in [5, 5.41) is 18.8. The van der Waals surface area contributed by atoms with E-state index in [1.807, 2.05) is 54.6 Å². The van der Waals surface area contributed by atoms with Crippen LogP contribution in [0, 0.1) is 0 Å². The molecule has 0 fully saturated rings. The van der Waals surface area contributed by atoms with Crippen LogP contribution in [0.15, 0.2) is 54.6 Å². The first-order valence-corrected chi connectivity index (χ1v) is 9.03. The number of thioether (sulfide) groups is 1. The number of ether oxygens (including phenoxy) is 1. The van der Waals surface area contributed by atoms with E-state index in [0.29, 0.717) is 24.5 Å². The average Bonchev–Trinajstić information content (AvgIpc) is 2.59. The van der Waals surface area contributed by atoms with Crippen LogP contribution in [0.25, 0.3) is 0 Å². The zero-order valence-corrected chi connectivity index (χ0v) is 14.2. The predicted octanol–water partition coefficient (Wildman–Crippen LogP) is 3.38. The minimum absolute atomic E-state index is 0.119. The van der Waals surface area contributed by atoms with E-state index in [2.05, 4.69) is 0 Å². The van der Waals surface area contributed by atoms with Crippen LogP contribution in [0.2, 0.25) is 0 Å². The van der Waals surface area contributed by atoms with Gasteiger partial charge in [-0.3, -0.25) is 4.79 Å². The van der Waals surface area contributed by atoms with E-state index in [1.54, 1.807) is 0 Å². The maximum atomic E-state index is 10.5. The number of hydrogen-bond acceptors (Lipinski definition) is 4. The van der Waals surface area contributed by atoms with Crippen LogP contribution in [0.1, 0.15) is 17.5 Å². The number of rotatable bonds is 10. The van der Waals surface area contributed by atoms with Crippen LogP contribution >= 0.6 is 11.8 Å². The Morgan fingerprint density at radius 3 is 2.54 bits per heavy atom. The van der Waals surface area contributed by atoms with Gasteiger partial charge in [-0.1, -0.05) is 48.5 Å². The molecule has 0 heterocycles. The van der Waals surface area contributed by atoms with Gasteiger partial charge in [0.2, 0.25) is 0 Å². The molecule has 24 heavy (non-hydrogen) atoms. The van der Waals surface area contributed by atoms with Crippen molar-refractivity contribution in [1.29, 1.82) is 0 Å². The summed E-state index contributed by atoms with van der Waals surface area (Å²) in [6.45, 7) is 0.487. The number of benzene rings is 2. The highest BCUT2D eigenvalue weighted by Gasteiger charge is 2.11. The SMILES string of the molecule is O=C(O)CCSC[C@@H](O)Cc1ccccc1OCc1ccccc1. The lowest BCUT2D eigenvalue weighted by atomic mass is 10.1. The molecule has 0 saturated heterocycles. The molecule has 4 nitrogen and oxygen atoms in total. The number of carboxylic acids is 1. The highest BCUT2D eigenvalue weighted by Crippen LogP contribution is 2.22. The molecule has 1 atom stereocenters. The van der Waals surface area contributed by atoms with Crippen LogP contribution < -0.4 is 4.74 Å². The Balaban J connectivity index is 1.85. The Labute approximate surface area is 146 Å². The van der Waals surface area contributed by atoms with Crippen molar-refractivity contribution in [3.05, 3.63) is 65.7 Å². The first kappa shape index (κ1) is 18.4. The number of hydrogen-bond donors (Lipinski definition) is 2. The topological polar surface area (TPSA) is 66.8 Å². The molecule has 0 radical (unpaired) electrons. The number of carboxylic acid groups (broad SMARTS) is 1. The van der Waals surface area contributed by atoms with Gasteiger partial charge in [0.05, 0.1) is 12.5 Å². The van der Waals surface area contributed by atoms with E-state index in [1.165, 1.54) is 11.8 Å². The second kappa shape index (κ2) is 10.0. The van der Waals surface area contributed by atoms with Gasteiger partial charge in [-0.25, -0.2) is 0 Å². The molecule has 0 amide bonds. The summed E-state index contributed by atoms with van der Waals surface area (Å²) in [5.74, 6) is 0.992. The summed E-state index contributed by atoms with van der Waals surface area (Å²) >= 11 is 1.45. The van der Waals surface area contributed by atoms with Crippen molar-refractivity contribution in [2.75, 3.05) is 11.5 Å². The van der Waals surface area contributed by atoms with Gasteiger partial charge in [0.1, 0.15) is 12.4 Å². The molecule has 2 rings (SSSR count). The highest BCUT2D eigenvalue weighted by atomic mass is 32.2. The Kier molecular flexibility index (Phi) is 7.65. The fraction of sp³-hybridized carbons (Fsp3) is 0.316. The summed E-state index contributed by atoms with van der Waals surface area (Å²) < 4.78 is 5.89. The number of carbonyl (C=O) groups is 1. The minimum atomic E-state index is -0.809. The van der Waals surface area contributed by atoms with E-state index >= 15 is 0 Å². The van der Waals surface area contributed by atoms with E-state index in [4.69, 9.17) is 9.84 Å². The van der Waals surface area contributed by atoms with Gasteiger partial charge >= 0.3 is 5.97 Å². The zero-order valence-electron chi connectivity index (χ0n) is 13.4. The van der Waals surface area contributed by atoms with Crippen molar-refractivity contribution in [1.82, 2.24) is 0 Å². The molecule has 0 aliphatic heterocycles. The molecule has 0 aromatic heterocycles. The quantitative estimate of drug-likeness (QED) is 0.646. The molecule has 0 spiro atoms. The molecule has 0 saturated carbocycles. The molecule has 0 aliphatic carbocycles. The van der Waals surface area contributed by atoms with Gasteiger partial charge in [0, 0.05) is 17.9 Å². The highest BCUT2D eigenvalue weighted by molar-refractivity contribution is 7.99. The molecule has 5 heteroatoms. The summed E-state index contributed by atoms with van der Waals surface area (Å²) in [4.78, 5) is 10.5. The largest absolute Gasteiger partial charge is 0.489 e. The van der Waals surface area contributed by atoms with E-state index in [0.717, 1.165) is 16.9 Å². The molecular formula is C19H22O4S. The number of para-hydroxylation sites is 1. The lowest BCUT2D eigenvalue weighted by molar-refractivity contribution is -0.136. The second-order valence-corrected chi connectivity index (χ2v) is 6.61. The molecule has 2 aromatic rings. The third kappa shape index (κ3) is 6.64. The molecule has 2 aromatic carbocycles. The molecule has 2 N–H and O–H groups in total. The lowest BCUT2D eigenvalue weighted by Gasteiger charge is -2.14. The standard InChI is InChI=1S/C19H22O4S/c20-17(14-24-11-10-19(21)22)12-16-8-4-5-9-18(16)23-13-15-6-2-1-3-7-15/h1-9,17,20H,10-14H2,(H,21,22)/t17-/m0/s1. The van der Waals surface area contributed by atoms with E-state index in [9.17, 15) is 9.90 Å². The normalized spacial score (nSPS) is 11.9. The van der Waals surface area contributed by atoms with Crippen LogP contribution in [-0.4, -0.2) is 33.8 Å².